The number of nitrogen functional groups attached to an aromatic ring is 1. The molecule has 0 fully saturated rings. The fourth-order valence-corrected chi connectivity index (χ4v) is 1.84. The number of anilines is 1. The number of unbranched alkanes of at least 4 members (excludes halogenated alkanes) is 1. The SMILES string of the molecule is CCCCc1ccc(-c2cccc(N)n2)cc1. The number of hydrogen-bond donors (Lipinski definition) is 1. The van der Waals surface area contributed by atoms with Gasteiger partial charge in [-0.25, -0.2) is 4.98 Å². The van der Waals surface area contributed by atoms with Crippen LogP contribution in [0.15, 0.2) is 42.5 Å². The van der Waals surface area contributed by atoms with Crippen LogP contribution in [-0.2, 0) is 6.42 Å². The predicted octanol–water partition coefficient (Wildman–Crippen LogP) is 3.67. The van der Waals surface area contributed by atoms with Crippen molar-refractivity contribution in [3.05, 3.63) is 48.0 Å². The second-order valence-electron chi connectivity index (χ2n) is 4.25. The van der Waals surface area contributed by atoms with E-state index in [0.29, 0.717) is 5.82 Å². The van der Waals surface area contributed by atoms with Crippen molar-refractivity contribution in [3.8, 4) is 11.3 Å². The third kappa shape index (κ3) is 3.06. The van der Waals surface area contributed by atoms with E-state index in [9.17, 15) is 0 Å². The number of hydrogen-bond acceptors (Lipinski definition) is 2. The third-order valence-corrected chi connectivity index (χ3v) is 2.84. The molecule has 88 valence electrons. The van der Waals surface area contributed by atoms with Gasteiger partial charge in [0.1, 0.15) is 5.82 Å². The van der Waals surface area contributed by atoms with Crippen LogP contribution in [0.5, 0.6) is 0 Å². The van der Waals surface area contributed by atoms with Gasteiger partial charge in [-0.15, -0.1) is 0 Å². The molecular formula is C15H18N2. The standard InChI is InChI=1S/C15H18N2/c1-2-3-5-12-8-10-13(11-9-12)14-6-4-7-15(16)17-14/h4,6-11H,2-3,5H2,1H3,(H2,16,17). The number of nitrogens with zero attached hydrogens (tertiary/aromatic N) is 1. The Balaban J connectivity index is 2.17. The van der Waals surface area contributed by atoms with Crippen molar-refractivity contribution in [2.24, 2.45) is 0 Å². The van der Waals surface area contributed by atoms with Gasteiger partial charge in [-0.3, -0.25) is 0 Å². The molecule has 2 rings (SSSR count). The molecule has 2 N–H and O–H groups in total. The van der Waals surface area contributed by atoms with Crippen molar-refractivity contribution in [1.82, 2.24) is 4.98 Å². The topological polar surface area (TPSA) is 38.9 Å². The Bertz CT molecular complexity index is 475. The van der Waals surface area contributed by atoms with E-state index >= 15 is 0 Å². The van der Waals surface area contributed by atoms with Crippen LogP contribution in [0.1, 0.15) is 25.3 Å². The summed E-state index contributed by atoms with van der Waals surface area (Å²) >= 11 is 0. The van der Waals surface area contributed by atoms with E-state index in [1.54, 1.807) is 6.07 Å². The lowest BCUT2D eigenvalue weighted by Crippen LogP contribution is -1.91. The molecule has 0 spiro atoms. The van der Waals surface area contributed by atoms with Crippen LogP contribution in [-0.4, -0.2) is 4.98 Å². The van der Waals surface area contributed by atoms with E-state index in [4.69, 9.17) is 5.73 Å². The quantitative estimate of drug-likeness (QED) is 0.863. The van der Waals surface area contributed by atoms with Crippen LogP contribution in [0.4, 0.5) is 5.82 Å². The number of rotatable bonds is 4. The maximum atomic E-state index is 5.68. The average Bonchev–Trinajstić information content (AvgIpc) is 2.37. The van der Waals surface area contributed by atoms with E-state index in [0.717, 1.165) is 17.7 Å². The van der Waals surface area contributed by atoms with Gasteiger partial charge in [0.15, 0.2) is 0 Å². The molecule has 0 aliphatic heterocycles. The molecule has 0 aliphatic rings. The van der Waals surface area contributed by atoms with Crippen molar-refractivity contribution >= 4 is 5.82 Å². The van der Waals surface area contributed by atoms with E-state index in [-0.39, 0.29) is 0 Å². The fourth-order valence-electron chi connectivity index (χ4n) is 1.84. The Kier molecular flexibility index (Phi) is 3.76. The first kappa shape index (κ1) is 11.6. The molecule has 0 aliphatic carbocycles. The van der Waals surface area contributed by atoms with Gasteiger partial charge in [-0.05, 0) is 30.5 Å². The minimum absolute atomic E-state index is 0.567. The molecule has 0 saturated heterocycles. The summed E-state index contributed by atoms with van der Waals surface area (Å²) in [7, 11) is 0. The molecule has 1 heterocycles. The van der Waals surface area contributed by atoms with Gasteiger partial charge in [-0.1, -0.05) is 43.7 Å². The number of pyridine rings is 1. The summed E-state index contributed by atoms with van der Waals surface area (Å²) < 4.78 is 0. The highest BCUT2D eigenvalue weighted by Crippen LogP contribution is 2.19. The minimum Gasteiger partial charge on any atom is -0.384 e. The molecule has 0 unspecified atom stereocenters. The zero-order valence-corrected chi connectivity index (χ0v) is 10.2. The van der Waals surface area contributed by atoms with E-state index in [2.05, 4.69) is 36.2 Å². The van der Waals surface area contributed by atoms with Crippen molar-refractivity contribution in [3.63, 3.8) is 0 Å². The fraction of sp³-hybridized carbons (Fsp3) is 0.267. The predicted molar refractivity (Wildman–Crippen MR) is 72.7 cm³/mol. The number of aromatic nitrogens is 1. The molecule has 2 aromatic rings. The molecule has 2 nitrogen and oxygen atoms in total. The van der Waals surface area contributed by atoms with Crippen LogP contribution >= 0.6 is 0 Å². The zero-order valence-electron chi connectivity index (χ0n) is 10.2. The summed E-state index contributed by atoms with van der Waals surface area (Å²) in [5.74, 6) is 0.567. The number of benzene rings is 1. The first-order chi connectivity index (χ1) is 8.29. The molecule has 0 saturated carbocycles. The van der Waals surface area contributed by atoms with Gasteiger partial charge in [0, 0.05) is 5.56 Å². The highest BCUT2D eigenvalue weighted by Gasteiger charge is 1.99. The Morgan fingerprint density at radius 3 is 2.47 bits per heavy atom. The molecule has 0 amide bonds. The lowest BCUT2D eigenvalue weighted by Gasteiger charge is -2.04. The molecule has 1 aromatic heterocycles. The summed E-state index contributed by atoms with van der Waals surface area (Å²) in [5, 5.41) is 0. The van der Waals surface area contributed by atoms with Crippen LogP contribution in [0.25, 0.3) is 11.3 Å². The second-order valence-corrected chi connectivity index (χ2v) is 4.25. The van der Waals surface area contributed by atoms with Gasteiger partial charge in [-0.2, -0.15) is 0 Å². The smallest absolute Gasteiger partial charge is 0.124 e. The Morgan fingerprint density at radius 1 is 1.06 bits per heavy atom. The third-order valence-electron chi connectivity index (χ3n) is 2.84. The van der Waals surface area contributed by atoms with Crippen LogP contribution in [0.2, 0.25) is 0 Å². The van der Waals surface area contributed by atoms with Gasteiger partial charge in [0.25, 0.3) is 0 Å². The first-order valence-corrected chi connectivity index (χ1v) is 6.11. The Morgan fingerprint density at radius 2 is 1.82 bits per heavy atom. The molecule has 2 heteroatoms. The molecule has 0 bridgehead atoms. The van der Waals surface area contributed by atoms with Gasteiger partial charge in [0.2, 0.25) is 0 Å². The largest absolute Gasteiger partial charge is 0.384 e. The summed E-state index contributed by atoms with van der Waals surface area (Å²) in [5.41, 5.74) is 9.13. The average molecular weight is 226 g/mol. The second kappa shape index (κ2) is 5.48. The monoisotopic (exact) mass is 226 g/mol. The first-order valence-electron chi connectivity index (χ1n) is 6.11. The summed E-state index contributed by atoms with van der Waals surface area (Å²) in [4.78, 5) is 4.31. The summed E-state index contributed by atoms with van der Waals surface area (Å²) in [6.07, 6.45) is 3.63. The molecule has 0 atom stereocenters. The van der Waals surface area contributed by atoms with Gasteiger partial charge in [0.05, 0.1) is 5.69 Å². The Labute approximate surface area is 103 Å². The van der Waals surface area contributed by atoms with Crippen LogP contribution < -0.4 is 5.73 Å². The van der Waals surface area contributed by atoms with E-state index < -0.39 is 0 Å². The highest BCUT2D eigenvalue weighted by molar-refractivity contribution is 5.61. The Hall–Kier alpha value is -1.83. The van der Waals surface area contributed by atoms with Crippen molar-refractivity contribution in [1.29, 1.82) is 0 Å². The lowest BCUT2D eigenvalue weighted by atomic mass is 10.0. The number of aryl methyl sites for hydroxylation is 1. The van der Waals surface area contributed by atoms with E-state index in [1.807, 2.05) is 12.1 Å². The zero-order chi connectivity index (χ0) is 12.1. The van der Waals surface area contributed by atoms with Crippen LogP contribution in [0.3, 0.4) is 0 Å². The van der Waals surface area contributed by atoms with Gasteiger partial charge >= 0.3 is 0 Å². The maximum absolute atomic E-state index is 5.68. The summed E-state index contributed by atoms with van der Waals surface area (Å²) in [6.45, 7) is 2.21. The van der Waals surface area contributed by atoms with Crippen molar-refractivity contribution in [2.45, 2.75) is 26.2 Å². The van der Waals surface area contributed by atoms with Crippen molar-refractivity contribution < 1.29 is 0 Å². The van der Waals surface area contributed by atoms with Crippen molar-refractivity contribution in [2.75, 3.05) is 5.73 Å². The minimum atomic E-state index is 0.567. The summed E-state index contributed by atoms with van der Waals surface area (Å²) in [6, 6.07) is 14.3. The molecular weight excluding hydrogens is 208 g/mol. The van der Waals surface area contributed by atoms with Crippen LogP contribution in [0, 0.1) is 0 Å². The normalized spacial score (nSPS) is 10.4. The maximum Gasteiger partial charge on any atom is 0.124 e. The van der Waals surface area contributed by atoms with E-state index in [1.165, 1.54) is 18.4 Å². The molecule has 0 radical (unpaired) electrons. The highest BCUT2D eigenvalue weighted by atomic mass is 14.8. The molecule has 1 aromatic carbocycles. The molecule has 17 heavy (non-hydrogen) atoms. The lowest BCUT2D eigenvalue weighted by molar-refractivity contribution is 0.795. The number of nitrogens with two attached hydrogens (primary N) is 1. The van der Waals surface area contributed by atoms with Gasteiger partial charge < -0.3 is 5.73 Å².